The second-order valence-electron chi connectivity index (χ2n) is 3.02. The Morgan fingerprint density at radius 3 is 3.07 bits per heavy atom. The molecular formula is C9H16N2O3. The second-order valence-corrected chi connectivity index (χ2v) is 3.02. The van der Waals surface area contributed by atoms with Crippen molar-refractivity contribution in [1.82, 2.24) is 9.78 Å². The van der Waals surface area contributed by atoms with Crippen molar-refractivity contribution in [3.05, 3.63) is 18.0 Å². The quantitative estimate of drug-likeness (QED) is 0.675. The first kappa shape index (κ1) is 11.2. The van der Waals surface area contributed by atoms with E-state index in [4.69, 9.17) is 9.84 Å². The van der Waals surface area contributed by atoms with Crippen LogP contribution in [0.3, 0.4) is 0 Å². The molecule has 1 rings (SSSR count). The van der Waals surface area contributed by atoms with E-state index in [2.05, 4.69) is 5.10 Å². The Morgan fingerprint density at radius 1 is 1.64 bits per heavy atom. The van der Waals surface area contributed by atoms with Gasteiger partial charge in [0, 0.05) is 26.3 Å². The maximum Gasteiger partial charge on any atom is 0.1000 e. The highest BCUT2D eigenvalue weighted by atomic mass is 16.5. The number of aromatic nitrogens is 2. The number of hydrogen-bond acceptors (Lipinski definition) is 4. The van der Waals surface area contributed by atoms with Gasteiger partial charge in [-0.25, -0.2) is 0 Å². The van der Waals surface area contributed by atoms with Crippen molar-refractivity contribution < 1.29 is 14.9 Å². The van der Waals surface area contributed by atoms with Crippen LogP contribution in [0.4, 0.5) is 0 Å². The summed E-state index contributed by atoms with van der Waals surface area (Å²) in [5.74, 6) is 0. The number of ether oxygens (including phenoxy) is 1. The minimum atomic E-state index is -0.677. The van der Waals surface area contributed by atoms with E-state index in [1.165, 1.54) is 0 Å². The summed E-state index contributed by atoms with van der Waals surface area (Å²) in [6.07, 6.45) is 1.43. The van der Waals surface area contributed by atoms with Crippen LogP contribution in [-0.4, -0.2) is 40.3 Å². The minimum Gasteiger partial charge on any atom is -0.396 e. The number of methoxy groups -OCH3 is 1. The fraction of sp³-hybridized carbons (Fsp3) is 0.667. The van der Waals surface area contributed by atoms with Gasteiger partial charge in [-0.2, -0.15) is 5.10 Å². The predicted molar refractivity (Wildman–Crippen MR) is 50.8 cm³/mol. The lowest BCUT2D eigenvalue weighted by molar-refractivity contribution is 0.129. The third kappa shape index (κ3) is 3.10. The molecule has 0 aromatic carbocycles. The topological polar surface area (TPSA) is 67.5 Å². The molecule has 0 saturated carbocycles. The minimum absolute atomic E-state index is 0.0356. The molecule has 80 valence electrons. The molecule has 0 unspecified atom stereocenters. The van der Waals surface area contributed by atoms with Crippen molar-refractivity contribution in [2.24, 2.45) is 0 Å². The SMILES string of the molecule is COCCn1ccc([C@H](O)CCO)n1. The highest BCUT2D eigenvalue weighted by Gasteiger charge is 2.09. The largest absolute Gasteiger partial charge is 0.396 e. The van der Waals surface area contributed by atoms with Crippen LogP contribution in [0.15, 0.2) is 12.3 Å². The fourth-order valence-corrected chi connectivity index (χ4v) is 1.13. The standard InChI is InChI=1S/C9H16N2O3/c1-14-7-5-11-4-2-8(10-11)9(13)3-6-12/h2,4,9,12-13H,3,5-7H2,1H3/t9-/m1/s1. The molecule has 1 aromatic heterocycles. The Labute approximate surface area is 82.9 Å². The van der Waals surface area contributed by atoms with E-state index in [0.29, 0.717) is 25.3 Å². The van der Waals surface area contributed by atoms with Gasteiger partial charge in [-0.1, -0.05) is 0 Å². The zero-order valence-corrected chi connectivity index (χ0v) is 8.26. The monoisotopic (exact) mass is 200 g/mol. The molecule has 0 radical (unpaired) electrons. The van der Waals surface area contributed by atoms with Crippen LogP contribution in [0.25, 0.3) is 0 Å². The van der Waals surface area contributed by atoms with Crippen molar-refractivity contribution in [3.8, 4) is 0 Å². The lowest BCUT2D eigenvalue weighted by Gasteiger charge is -2.04. The van der Waals surface area contributed by atoms with Gasteiger partial charge < -0.3 is 14.9 Å². The highest BCUT2D eigenvalue weighted by molar-refractivity contribution is 5.02. The lowest BCUT2D eigenvalue weighted by Crippen LogP contribution is -2.07. The summed E-state index contributed by atoms with van der Waals surface area (Å²) in [6.45, 7) is 1.23. The van der Waals surface area contributed by atoms with E-state index in [1.807, 2.05) is 0 Å². The van der Waals surface area contributed by atoms with E-state index in [-0.39, 0.29) is 6.61 Å². The summed E-state index contributed by atoms with van der Waals surface area (Å²) in [4.78, 5) is 0. The number of nitrogens with zero attached hydrogens (tertiary/aromatic N) is 2. The Hall–Kier alpha value is -0.910. The fourth-order valence-electron chi connectivity index (χ4n) is 1.13. The molecule has 1 heterocycles. The normalized spacial score (nSPS) is 13.1. The zero-order chi connectivity index (χ0) is 10.4. The smallest absolute Gasteiger partial charge is 0.1000 e. The van der Waals surface area contributed by atoms with E-state index in [9.17, 15) is 5.11 Å². The molecule has 0 fully saturated rings. The summed E-state index contributed by atoms with van der Waals surface area (Å²) in [6, 6.07) is 1.75. The van der Waals surface area contributed by atoms with Crippen molar-refractivity contribution >= 4 is 0 Å². The Balaban J connectivity index is 2.49. The van der Waals surface area contributed by atoms with Crippen LogP contribution in [0, 0.1) is 0 Å². The molecule has 0 spiro atoms. The molecule has 2 N–H and O–H groups in total. The summed E-state index contributed by atoms with van der Waals surface area (Å²) < 4.78 is 6.61. The summed E-state index contributed by atoms with van der Waals surface area (Å²) in [7, 11) is 1.63. The molecule has 5 heteroatoms. The Morgan fingerprint density at radius 2 is 2.43 bits per heavy atom. The third-order valence-electron chi connectivity index (χ3n) is 1.93. The van der Waals surface area contributed by atoms with Crippen LogP contribution in [0.1, 0.15) is 18.2 Å². The zero-order valence-electron chi connectivity index (χ0n) is 8.26. The molecule has 0 amide bonds. The summed E-state index contributed by atoms with van der Waals surface area (Å²) >= 11 is 0. The lowest BCUT2D eigenvalue weighted by atomic mass is 10.2. The average molecular weight is 200 g/mol. The van der Waals surface area contributed by atoms with Crippen molar-refractivity contribution in [2.75, 3.05) is 20.3 Å². The molecular weight excluding hydrogens is 184 g/mol. The molecule has 0 aliphatic heterocycles. The predicted octanol–water partition coefficient (Wildman–Crippen LogP) is -0.0547. The van der Waals surface area contributed by atoms with E-state index in [0.717, 1.165) is 0 Å². The van der Waals surface area contributed by atoms with Gasteiger partial charge in [-0.3, -0.25) is 4.68 Å². The van der Waals surface area contributed by atoms with Gasteiger partial charge in [0.15, 0.2) is 0 Å². The molecule has 0 aliphatic carbocycles. The third-order valence-corrected chi connectivity index (χ3v) is 1.93. The van der Waals surface area contributed by atoms with Crippen molar-refractivity contribution in [1.29, 1.82) is 0 Å². The van der Waals surface area contributed by atoms with Crippen LogP contribution in [0.5, 0.6) is 0 Å². The Kier molecular flexibility index (Phi) is 4.58. The van der Waals surface area contributed by atoms with Gasteiger partial charge in [0.05, 0.1) is 24.9 Å². The summed E-state index contributed by atoms with van der Waals surface area (Å²) in [5.41, 5.74) is 0.593. The van der Waals surface area contributed by atoms with Crippen molar-refractivity contribution in [3.63, 3.8) is 0 Å². The highest BCUT2D eigenvalue weighted by Crippen LogP contribution is 2.12. The number of rotatable bonds is 6. The number of aliphatic hydroxyl groups excluding tert-OH is 2. The van der Waals surface area contributed by atoms with Gasteiger partial charge in [0.1, 0.15) is 0 Å². The average Bonchev–Trinajstić information content (AvgIpc) is 2.63. The van der Waals surface area contributed by atoms with Gasteiger partial charge in [-0.05, 0) is 6.07 Å². The van der Waals surface area contributed by atoms with Crippen LogP contribution >= 0.6 is 0 Å². The van der Waals surface area contributed by atoms with Crippen molar-refractivity contribution in [2.45, 2.75) is 19.1 Å². The first-order valence-electron chi connectivity index (χ1n) is 4.59. The van der Waals surface area contributed by atoms with Crippen LogP contribution in [-0.2, 0) is 11.3 Å². The van der Waals surface area contributed by atoms with E-state index in [1.54, 1.807) is 24.1 Å². The van der Waals surface area contributed by atoms with Gasteiger partial charge >= 0.3 is 0 Å². The number of aliphatic hydroxyl groups is 2. The molecule has 5 nitrogen and oxygen atoms in total. The first-order valence-corrected chi connectivity index (χ1v) is 4.59. The van der Waals surface area contributed by atoms with E-state index < -0.39 is 6.10 Å². The Bertz CT molecular complexity index is 262. The maximum atomic E-state index is 9.49. The van der Waals surface area contributed by atoms with Crippen LogP contribution in [0.2, 0.25) is 0 Å². The van der Waals surface area contributed by atoms with Gasteiger partial charge in [0.2, 0.25) is 0 Å². The molecule has 14 heavy (non-hydrogen) atoms. The van der Waals surface area contributed by atoms with E-state index >= 15 is 0 Å². The molecule has 1 aromatic rings. The van der Waals surface area contributed by atoms with Gasteiger partial charge in [-0.15, -0.1) is 0 Å². The second kappa shape index (κ2) is 5.74. The first-order chi connectivity index (χ1) is 6.77. The molecule has 0 saturated heterocycles. The summed E-state index contributed by atoms with van der Waals surface area (Å²) in [5, 5.41) is 22.3. The molecule has 0 aliphatic rings. The molecule has 0 bridgehead atoms. The van der Waals surface area contributed by atoms with Crippen LogP contribution < -0.4 is 0 Å². The van der Waals surface area contributed by atoms with Gasteiger partial charge in [0.25, 0.3) is 0 Å². The maximum absolute atomic E-state index is 9.49. The number of hydrogen-bond donors (Lipinski definition) is 2. The molecule has 1 atom stereocenters.